The van der Waals surface area contributed by atoms with E-state index in [1.165, 1.54) is 12.1 Å². The highest BCUT2D eigenvalue weighted by atomic mass is 35.5. The third-order valence-corrected chi connectivity index (χ3v) is 2.78. The van der Waals surface area contributed by atoms with Crippen molar-refractivity contribution in [1.82, 2.24) is 0 Å². The van der Waals surface area contributed by atoms with Gasteiger partial charge in [-0.15, -0.1) is 0 Å². The van der Waals surface area contributed by atoms with E-state index in [4.69, 9.17) is 38.4 Å². The summed E-state index contributed by atoms with van der Waals surface area (Å²) in [4.78, 5) is 11.7. The minimum absolute atomic E-state index is 0.0974. The first-order chi connectivity index (χ1) is 9.40. The summed E-state index contributed by atoms with van der Waals surface area (Å²) in [7, 11) is 0. The van der Waals surface area contributed by atoms with Crippen LogP contribution in [0.2, 0.25) is 10.0 Å². The average Bonchev–Trinajstić information content (AvgIpc) is 2.33. The summed E-state index contributed by atoms with van der Waals surface area (Å²) in [6.45, 7) is 4.54. The fraction of sp³-hybridized carbons (Fsp3) is 0.462. The van der Waals surface area contributed by atoms with Gasteiger partial charge in [-0.2, -0.15) is 0 Å². The predicted octanol–water partition coefficient (Wildman–Crippen LogP) is 2.96. The third-order valence-electron chi connectivity index (χ3n) is 2.26. The Labute approximate surface area is 128 Å². The lowest BCUT2D eigenvalue weighted by Gasteiger charge is -2.11. The van der Waals surface area contributed by atoms with Crippen LogP contribution in [0.15, 0.2) is 12.1 Å². The Kier molecular flexibility index (Phi) is 7.09. The van der Waals surface area contributed by atoms with Crippen molar-refractivity contribution in [2.75, 3.05) is 30.9 Å². The number of anilines is 2. The molecule has 0 heterocycles. The van der Waals surface area contributed by atoms with E-state index in [-0.39, 0.29) is 23.6 Å². The van der Waals surface area contributed by atoms with E-state index in [1.54, 1.807) is 0 Å². The van der Waals surface area contributed by atoms with Gasteiger partial charge in [0.1, 0.15) is 6.61 Å². The summed E-state index contributed by atoms with van der Waals surface area (Å²) in [6.07, 6.45) is 0.139. The van der Waals surface area contributed by atoms with Crippen molar-refractivity contribution in [2.24, 2.45) is 0 Å². The van der Waals surface area contributed by atoms with E-state index >= 15 is 0 Å². The number of ether oxygens (including phenoxy) is 2. The maximum atomic E-state index is 11.7. The van der Waals surface area contributed by atoms with E-state index < -0.39 is 0 Å². The van der Waals surface area contributed by atoms with E-state index in [0.717, 1.165) is 0 Å². The molecule has 0 fully saturated rings. The van der Waals surface area contributed by atoms with Gasteiger partial charge in [-0.25, -0.2) is 0 Å². The minimum atomic E-state index is -0.342. The monoisotopic (exact) mass is 320 g/mol. The zero-order chi connectivity index (χ0) is 15.1. The van der Waals surface area contributed by atoms with Gasteiger partial charge in [0.15, 0.2) is 0 Å². The highest BCUT2D eigenvalue weighted by Gasteiger charge is 2.10. The Balaban J connectivity index is 2.39. The molecule has 0 atom stereocenters. The smallest absolute Gasteiger partial charge is 0.250 e. The molecule has 20 heavy (non-hydrogen) atoms. The van der Waals surface area contributed by atoms with E-state index in [2.05, 4.69) is 5.32 Å². The number of hydrogen-bond acceptors (Lipinski definition) is 4. The van der Waals surface area contributed by atoms with Crippen LogP contribution in [-0.2, 0) is 14.3 Å². The van der Waals surface area contributed by atoms with Crippen molar-refractivity contribution in [3.8, 4) is 0 Å². The Hall–Kier alpha value is -1.01. The Bertz CT molecular complexity index is 444. The molecule has 1 amide bonds. The first-order valence-corrected chi connectivity index (χ1v) is 6.89. The first kappa shape index (κ1) is 17.0. The molecule has 0 radical (unpaired) electrons. The van der Waals surface area contributed by atoms with Crippen molar-refractivity contribution in [3.63, 3.8) is 0 Å². The molecule has 0 saturated carbocycles. The number of rotatable bonds is 7. The summed E-state index contributed by atoms with van der Waals surface area (Å²) in [5, 5.41) is 3.28. The third kappa shape index (κ3) is 5.96. The molecule has 7 heteroatoms. The van der Waals surface area contributed by atoms with Crippen LogP contribution in [0.3, 0.4) is 0 Å². The quantitative estimate of drug-likeness (QED) is 0.598. The average molecular weight is 321 g/mol. The van der Waals surface area contributed by atoms with Crippen molar-refractivity contribution in [3.05, 3.63) is 22.2 Å². The lowest BCUT2D eigenvalue weighted by Crippen LogP contribution is -2.21. The number of nitrogens with two attached hydrogens (primary N) is 1. The van der Waals surface area contributed by atoms with Crippen molar-refractivity contribution < 1.29 is 14.3 Å². The molecule has 1 aromatic carbocycles. The number of nitrogen functional groups attached to an aromatic ring is 1. The van der Waals surface area contributed by atoms with Gasteiger partial charge in [0.2, 0.25) is 5.91 Å². The van der Waals surface area contributed by atoms with Gasteiger partial charge in [-0.05, 0) is 26.0 Å². The zero-order valence-corrected chi connectivity index (χ0v) is 12.9. The number of halogens is 2. The fourth-order valence-electron chi connectivity index (χ4n) is 1.41. The van der Waals surface area contributed by atoms with Crippen LogP contribution >= 0.6 is 23.2 Å². The number of benzene rings is 1. The Morgan fingerprint density at radius 3 is 2.65 bits per heavy atom. The van der Waals surface area contributed by atoms with E-state index in [0.29, 0.717) is 29.6 Å². The second-order valence-corrected chi connectivity index (χ2v) is 5.22. The molecule has 0 bridgehead atoms. The largest absolute Gasteiger partial charge is 0.397 e. The summed E-state index contributed by atoms with van der Waals surface area (Å²) in [5.74, 6) is -0.342. The van der Waals surface area contributed by atoms with Gasteiger partial charge in [0, 0.05) is 5.02 Å². The molecule has 0 aliphatic carbocycles. The minimum Gasteiger partial charge on any atom is -0.397 e. The molecule has 0 spiro atoms. The van der Waals surface area contributed by atoms with Gasteiger partial charge < -0.3 is 20.5 Å². The second kappa shape index (κ2) is 8.32. The standard InChI is InChI=1S/C13H18Cl2N2O3/c1-8(2)20-4-3-19-7-12(18)17-13-10(15)5-9(14)6-11(13)16/h5-6,8H,3-4,7,16H2,1-2H3,(H,17,18). The maximum Gasteiger partial charge on any atom is 0.250 e. The van der Waals surface area contributed by atoms with Crippen LogP contribution in [0.1, 0.15) is 13.8 Å². The topological polar surface area (TPSA) is 73.6 Å². The highest BCUT2D eigenvalue weighted by molar-refractivity contribution is 6.37. The molecule has 0 unspecified atom stereocenters. The molecule has 0 aliphatic rings. The SMILES string of the molecule is CC(C)OCCOCC(=O)Nc1c(N)cc(Cl)cc1Cl. The molecule has 0 saturated heterocycles. The lowest BCUT2D eigenvalue weighted by atomic mass is 10.2. The zero-order valence-electron chi connectivity index (χ0n) is 11.4. The van der Waals surface area contributed by atoms with Crippen molar-refractivity contribution >= 4 is 40.5 Å². The summed E-state index contributed by atoms with van der Waals surface area (Å²) < 4.78 is 10.5. The van der Waals surface area contributed by atoms with Crippen molar-refractivity contribution in [2.45, 2.75) is 20.0 Å². The molecule has 5 nitrogen and oxygen atoms in total. The second-order valence-electron chi connectivity index (χ2n) is 4.37. The van der Waals surface area contributed by atoms with Crippen LogP contribution in [-0.4, -0.2) is 31.8 Å². The molecule has 0 aliphatic heterocycles. The van der Waals surface area contributed by atoms with Crippen LogP contribution in [0.4, 0.5) is 11.4 Å². The van der Waals surface area contributed by atoms with Crippen LogP contribution < -0.4 is 11.1 Å². The van der Waals surface area contributed by atoms with Gasteiger partial charge in [-0.3, -0.25) is 4.79 Å². The van der Waals surface area contributed by atoms with Gasteiger partial charge in [-0.1, -0.05) is 23.2 Å². The maximum absolute atomic E-state index is 11.7. The highest BCUT2D eigenvalue weighted by Crippen LogP contribution is 2.31. The molecule has 1 rings (SSSR count). The molecule has 3 N–H and O–H groups in total. The molecule has 0 aromatic heterocycles. The molecular formula is C13H18Cl2N2O3. The number of carbonyl (C=O) groups is 1. The molecule has 112 valence electrons. The summed E-state index contributed by atoms with van der Waals surface area (Å²) >= 11 is 11.7. The van der Waals surface area contributed by atoms with Crippen LogP contribution in [0, 0.1) is 0 Å². The Morgan fingerprint density at radius 2 is 2.05 bits per heavy atom. The van der Waals surface area contributed by atoms with Crippen LogP contribution in [0.25, 0.3) is 0 Å². The summed E-state index contributed by atoms with van der Waals surface area (Å²) in [5.41, 5.74) is 6.38. The lowest BCUT2D eigenvalue weighted by molar-refractivity contribution is -0.121. The van der Waals surface area contributed by atoms with E-state index in [1.807, 2.05) is 13.8 Å². The van der Waals surface area contributed by atoms with Gasteiger partial charge >= 0.3 is 0 Å². The number of hydrogen-bond donors (Lipinski definition) is 2. The molecule has 1 aromatic rings. The molecular weight excluding hydrogens is 303 g/mol. The van der Waals surface area contributed by atoms with Crippen molar-refractivity contribution in [1.29, 1.82) is 0 Å². The fourth-order valence-corrected chi connectivity index (χ4v) is 1.96. The Morgan fingerprint density at radius 1 is 1.35 bits per heavy atom. The van der Waals surface area contributed by atoms with Gasteiger partial charge in [0.25, 0.3) is 0 Å². The predicted molar refractivity (Wildman–Crippen MR) is 81.4 cm³/mol. The van der Waals surface area contributed by atoms with Gasteiger partial charge in [0.05, 0.1) is 35.7 Å². The normalized spacial score (nSPS) is 10.8. The number of carbonyl (C=O) groups excluding carboxylic acids is 1. The number of nitrogens with one attached hydrogen (secondary N) is 1. The van der Waals surface area contributed by atoms with Crippen LogP contribution in [0.5, 0.6) is 0 Å². The first-order valence-electron chi connectivity index (χ1n) is 6.14. The number of amides is 1. The summed E-state index contributed by atoms with van der Waals surface area (Å²) in [6, 6.07) is 3.02. The van der Waals surface area contributed by atoms with E-state index in [9.17, 15) is 4.79 Å².